The number of nitrogens with two attached hydrogens (primary N) is 1. The number of fused-ring (bicyclic) bond motifs is 1. The van der Waals surface area contributed by atoms with Crippen molar-refractivity contribution >= 4 is 28.5 Å². The molecule has 0 bridgehead atoms. The van der Waals surface area contributed by atoms with Crippen molar-refractivity contribution in [2.24, 2.45) is 0 Å². The Labute approximate surface area is 150 Å². The first kappa shape index (κ1) is 15.9. The zero-order valence-electron chi connectivity index (χ0n) is 14.5. The van der Waals surface area contributed by atoms with Crippen LogP contribution in [0.25, 0.3) is 22.4 Å². The molecule has 26 heavy (non-hydrogen) atoms. The zero-order chi connectivity index (χ0) is 18.1. The molecule has 4 rings (SSSR count). The van der Waals surface area contributed by atoms with Crippen LogP contribution < -0.4 is 11.1 Å². The number of rotatable bonds is 4. The van der Waals surface area contributed by atoms with E-state index in [0.717, 1.165) is 16.6 Å². The second kappa shape index (κ2) is 6.40. The van der Waals surface area contributed by atoms with Gasteiger partial charge in [0.2, 0.25) is 0 Å². The summed E-state index contributed by atoms with van der Waals surface area (Å²) in [7, 11) is 0. The van der Waals surface area contributed by atoms with Crippen LogP contribution in [0, 0.1) is 0 Å². The SMILES string of the molecule is CC(C)n1cnc2cnc(Nc3ccnc(-c4ccnc(N)c4)n3)cc21. The van der Waals surface area contributed by atoms with Gasteiger partial charge in [-0.3, -0.25) is 0 Å². The van der Waals surface area contributed by atoms with Crippen LogP contribution in [0.4, 0.5) is 17.5 Å². The number of nitrogens with zero attached hydrogens (tertiary/aromatic N) is 6. The molecule has 4 aromatic heterocycles. The summed E-state index contributed by atoms with van der Waals surface area (Å²) in [6, 6.07) is 7.64. The van der Waals surface area contributed by atoms with Crippen molar-refractivity contribution in [3.05, 3.63) is 49.2 Å². The van der Waals surface area contributed by atoms with Crippen molar-refractivity contribution in [2.45, 2.75) is 19.9 Å². The van der Waals surface area contributed by atoms with Gasteiger partial charge in [-0.25, -0.2) is 24.9 Å². The Morgan fingerprint density at radius 2 is 1.85 bits per heavy atom. The number of anilines is 3. The summed E-state index contributed by atoms with van der Waals surface area (Å²) in [5.41, 5.74) is 8.43. The number of aromatic nitrogens is 6. The molecule has 0 spiro atoms. The molecule has 0 aromatic carbocycles. The molecule has 0 unspecified atom stereocenters. The van der Waals surface area contributed by atoms with Crippen LogP contribution in [-0.2, 0) is 0 Å². The van der Waals surface area contributed by atoms with Crippen molar-refractivity contribution in [2.75, 3.05) is 11.1 Å². The van der Waals surface area contributed by atoms with E-state index < -0.39 is 0 Å². The standard InChI is InChI=1S/C18H18N8/c1-11(2)26-10-23-13-9-22-17(8-14(13)26)24-16-4-6-21-18(25-16)12-3-5-20-15(19)7-12/h3-11H,1-2H3,(H2,19,20)(H,21,22,24,25). The highest BCUT2D eigenvalue weighted by Crippen LogP contribution is 2.22. The lowest BCUT2D eigenvalue weighted by atomic mass is 10.2. The average Bonchev–Trinajstić information content (AvgIpc) is 3.05. The fourth-order valence-electron chi connectivity index (χ4n) is 2.70. The molecule has 0 saturated heterocycles. The van der Waals surface area contributed by atoms with Crippen LogP contribution in [0.15, 0.2) is 49.2 Å². The third-order valence-corrected chi connectivity index (χ3v) is 3.97. The third kappa shape index (κ3) is 3.04. The summed E-state index contributed by atoms with van der Waals surface area (Å²) < 4.78 is 2.10. The minimum Gasteiger partial charge on any atom is -0.384 e. The van der Waals surface area contributed by atoms with Crippen LogP contribution in [0.2, 0.25) is 0 Å². The van der Waals surface area contributed by atoms with Crippen molar-refractivity contribution in [1.29, 1.82) is 0 Å². The van der Waals surface area contributed by atoms with E-state index in [1.807, 2.05) is 18.5 Å². The first-order valence-corrected chi connectivity index (χ1v) is 8.25. The highest BCUT2D eigenvalue weighted by Gasteiger charge is 2.09. The number of nitrogens with one attached hydrogen (secondary N) is 1. The number of hydrogen-bond acceptors (Lipinski definition) is 7. The molecule has 8 heteroatoms. The van der Waals surface area contributed by atoms with Gasteiger partial charge in [-0.05, 0) is 32.0 Å². The van der Waals surface area contributed by atoms with Gasteiger partial charge >= 0.3 is 0 Å². The molecule has 8 nitrogen and oxygen atoms in total. The van der Waals surface area contributed by atoms with Gasteiger partial charge in [-0.2, -0.15) is 0 Å². The molecular weight excluding hydrogens is 328 g/mol. The predicted octanol–water partition coefficient (Wildman–Crippen LogP) is 3.19. The van der Waals surface area contributed by atoms with E-state index in [-0.39, 0.29) is 0 Å². The van der Waals surface area contributed by atoms with E-state index in [1.54, 1.807) is 30.7 Å². The summed E-state index contributed by atoms with van der Waals surface area (Å²) in [6.07, 6.45) is 6.91. The van der Waals surface area contributed by atoms with Gasteiger partial charge < -0.3 is 15.6 Å². The fourth-order valence-corrected chi connectivity index (χ4v) is 2.70. The maximum Gasteiger partial charge on any atom is 0.161 e. The van der Waals surface area contributed by atoms with E-state index in [2.05, 4.69) is 48.7 Å². The number of imidazole rings is 1. The zero-order valence-corrected chi connectivity index (χ0v) is 14.5. The summed E-state index contributed by atoms with van der Waals surface area (Å²) in [5.74, 6) is 2.34. The first-order chi connectivity index (χ1) is 12.6. The van der Waals surface area contributed by atoms with Crippen molar-refractivity contribution in [3.63, 3.8) is 0 Å². The lowest BCUT2D eigenvalue weighted by molar-refractivity contribution is 0.617. The van der Waals surface area contributed by atoms with E-state index in [9.17, 15) is 0 Å². The van der Waals surface area contributed by atoms with E-state index in [4.69, 9.17) is 5.73 Å². The topological polar surface area (TPSA) is 107 Å². The van der Waals surface area contributed by atoms with Gasteiger partial charge in [0.25, 0.3) is 0 Å². The summed E-state index contributed by atoms with van der Waals surface area (Å²) in [4.78, 5) is 21.6. The monoisotopic (exact) mass is 346 g/mol. The molecule has 0 radical (unpaired) electrons. The van der Waals surface area contributed by atoms with E-state index in [1.165, 1.54) is 0 Å². The molecule has 0 aliphatic rings. The molecule has 0 saturated carbocycles. The van der Waals surface area contributed by atoms with Gasteiger partial charge in [-0.1, -0.05) is 0 Å². The van der Waals surface area contributed by atoms with Gasteiger partial charge in [-0.15, -0.1) is 0 Å². The van der Waals surface area contributed by atoms with Crippen LogP contribution >= 0.6 is 0 Å². The highest BCUT2D eigenvalue weighted by molar-refractivity contribution is 5.78. The Morgan fingerprint density at radius 1 is 1.00 bits per heavy atom. The molecule has 0 aliphatic heterocycles. The normalized spacial score (nSPS) is 11.2. The molecule has 4 aromatic rings. The Hall–Kier alpha value is -3.55. The van der Waals surface area contributed by atoms with Crippen LogP contribution in [0.1, 0.15) is 19.9 Å². The molecule has 3 N–H and O–H groups in total. The maximum absolute atomic E-state index is 5.74. The quantitative estimate of drug-likeness (QED) is 0.584. The second-order valence-corrected chi connectivity index (χ2v) is 6.16. The Morgan fingerprint density at radius 3 is 2.65 bits per heavy atom. The smallest absolute Gasteiger partial charge is 0.161 e. The number of pyridine rings is 2. The Bertz CT molecular complexity index is 1070. The average molecular weight is 346 g/mol. The van der Waals surface area contributed by atoms with Gasteiger partial charge in [0, 0.05) is 30.1 Å². The fraction of sp³-hybridized carbons (Fsp3) is 0.167. The van der Waals surface area contributed by atoms with Crippen LogP contribution in [0.3, 0.4) is 0 Å². The highest BCUT2D eigenvalue weighted by atomic mass is 15.1. The van der Waals surface area contributed by atoms with E-state index in [0.29, 0.717) is 29.3 Å². The third-order valence-electron chi connectivity index (χ3n) is 3.97. The summed E-state index contributed by atoms with van der Waals surface area (Å²) >= 11 is 0. The molecule has 0 amide bonds. The van der Waals surface area contributed by atoms with Crippen LogP contribution in [-0.4, -0.2) is 29.5 Å². The molecule has 0 fully saturated rings. The molecular formula is C18H18N8. The van der Waals surface area contributed by atoms with Gasteiger partial charge in [0.15, 0.2) is 5.82 Å². The van der Waals surface area contributed by atoms with Crippen LogP contribution in [0.5, 0.6) is 0 Å². The maximum atomic E-state index is 5.74. The minimum atomic E-state index is 0.318. The molecule has 0 aliphatic carbocycles. The predicted molar refractivity (Wildman–Crippen MR) is 101 cm³/mol. The Balaban J connectivity index is 1.66. The van der Waals surface area contributed by atoms with Crippen molar-refractivity contribution in [1.82, 2.24) is 29.5 Å². The number of hydrogen-bond donors (Lipinski definition) is 2. The summed E-state index contributed by atoms with van der Waals surface area (Å²) in [5, 5.41) is 3.23. The summed E-state index contributed by atoms with van der Waals surface area (Å²) in [6.45, 7) is 4.23. The van der Waals surface area contributed by atoms with E-state index >= 15 is 0 Å². The van der Waals surface area contributed by atoms with Gasteiger partial charge in [0.05, 0.1) is 18.0 Å². The molecule has 4 heterocycles. The minimum absolute atomic E-state index is 0.318. The molecule has 130 valence electrons. The van der Waals surface area contributed by atoms with Crippen molar-refractivity contribution in [3.8, 4) is 11.4 Å². The lowest BCUT2D eigenvalue weighted by Crippen LogP contribution is -2.01. The van der Waals surface area contributed by atoms with Gasteiger partial charge in [0.1, 0.15) is 23.0 Å². The largest absolute Gasteiger partial charge is 0.384 e. The second-order valence-electron chi connectivity index (χ2n) is 6.16. The Kier molecular flexibility index (Phi) is 3.92. The number of nitrogen functional groups attached to an aromatic ring is 1. The lowest BCUT2D eigenvalue weighted by Gasteiger charge is -2.10. The van der Waals surface area contributed by atoms with Crippen molar-refractivity contribution < 1.29 is 0 Å². The molecule has 0 atom stereocenters. The first-order valence-electron chi connectivity index (χ1n) is 8.25.